The minimum atomic E-state index is -0.359. The summed E-state index contributed by atoms with van der Waals surface area (Å²) in [5, 5.41) is 4.86. The number of hydrogen-bond acceptors (Lipinski definition) is 4. The number of carbonyl (C=O) groups excluding carboxylic acids is 1. The van der Waals surface area contributed by atoms with E-state index in [1.165, 1.54) is 0 Å². The Balaban J connectivity index is 2.56. The highest BCUT2D eigenvalue weighted by Crippen LogP contribution is 2.16. The van der Waals surface area contributed by atoms with Crippen molar-refractivity contribution in [1.82, 2.24) is 5.32 Å². The fourth-order valence-electron chi connectivity index (χ4n) is 1.12. The second-order valence-corrected chi connectivity index (χ2v) is 4.15. The molecular weight excluding hydrogens is 184 g/mol. The van der Waals surface area contributed by atoms with E-state index in [4.69, 9.17) is 5.73 Å². The Labute approximate surface area is 83.1 Å². The smallest absolute Gasteiger partial charge is 0.196 e. The van der Waals surface area contributed by atoms with Gasteiger partial charge in [-0.1, -0.05) is 20.3 Å². The van der Waals surface area contributed by atoms with Gasteiger partial charge in [-0.15, -0.1) is 11.8 Å². The summed E-state index contributed by atoms with van der Waals surface area (Å²) in [5.74, 6) is 1.08. The largest absolute Gasteiger partial charge is 0.372 e. The Morgan fingerprint density at radius 2 is 2.54 bits per heavy atom. The summed E-state index contributed by atoms with van der Waals surface area (Å²) in [6, 6.07) is -0.359. The third-order valence-corrected chi connectivity index (χ3v) is 3.09. The van der Waals surface area contributed by atoms with Crippen LogP contribution in [0.2, 0.25) is 0 Å². The van der Waals surface area contributed by atoms with E-state index in [0.29, 0.717) is 5.70 Å². The van der Waals surface area contributed by atoms with E-state index < -0.39 is 0 Å². The van der Waals surface area contributed by atoms with E-state index in [2.05, 4.69) is 5.32 Å². The highest BCUT2D eigenvalue weighted by atomic mass is 32.2. The molecule has 0 fully saturated rings. The van der Waals surface area contributed by atoms with Crippen LogP contribution in [0.1, 0.15) is 20.3 Å². The Morgan fingerprint density at radius 3 is 3.00 bits per heavy atom. The summed E-state index contributed by atoms with van der Waals surface area (Å²) in [4.78, 5) is 11.7. The molecule has 1 aliphatic rings. The van der Waals surface area contributed by atoms with E-state index in [1.54, 1.807) is 11.8 Å². The normalized spacial score (nSPS) is 20.4. The van der Waals surface area contributed by atoms with E-state index >= 15 is 0 Å². The van der Waals surface area contributed by atoms with Gasteiger partial charge in [-0.05, 0) is 11.3 Å². The maximum Gasteiger partial charge on any atom is 0.196 e. The zero-order chi connectivity index (χ0) is 9.84. The lowest BCUT2D eigenvalue weighted by Gasteiger charge is -2.17. The maximum absolute atomic E-state index is 11.7. The summed E-state index contributed by atoms with van der Waals surface area (Å²) in [6.07, 6.45) is 0.938. The summed E-state index contributed by atoms with van der Waals surface area (Å²) in [7, 11) is 0. The van der Waals surface area contributed by atoms with Crippen LogP contribution in [-0.2, 0) is 4.79 Å². The minimum absolute atomic E-state index is 0.0411. The van der Waals surface area contributed by atoms with Crippen LogP contribution in [0.5, 0.6) is 0 Å². The Bertz CT molecular complexity index is 228. The van der Waals surface area contributed by atoms with Gasteiger partial charge in [0.25, 0.3) is 0 Å². The monoisotopic (exact) mass is 200 g/mol. The molecule has 0 aromatic rings. The van der Waals surface area contributed by atoms with Crippen molar-refractivity contribution >= 4 is 17.5 Å². The van der Waals surface area contributed by atoms with Crippen molar-refractivity contribution < 1.29 is 4.79 Å². The van der Waals surface area contributed by atoms with Crippen molar-refractivity contribution in [2.24, 2.45) is 11.7 Å². The predicted molar refractivity (Wildman–Crippen MR) is 56.1 cm³/mol. The fourth-order valence-corrected chi connectivity index (χ4v) is 1.81. The third kappa shape index (κ3) is 2.48. The van der Waals surface area contributed by atoms with E-state index in [1.807, 2.05) is 19.3 Å². The molecule has 3 nitrogen and oxygen atoms in total. The predicted octanol–water partition coefficient (Wildman–Crippen LogP) is 1.06. The third-order valence-electron chi connectivity index (χ3n) is 2.37. The number of nitrogens with one attached hydrogen (secondary N) is 1. The molecule has 0 radical (unpaired) electrons. The van der Waals surface area contributed by atoms with Gasteiger partial charge in [0.05, 0.1) is 17.6 Å². The first kappa shape index (κ1) is 10.6. The molecule has 4 heteroatoms. The minimum Gasteiger partial charge on any atom is -0.372 e. The first-order chi connectivity index (χ1) is 6.16. The molecule has 2 atom stereocenters. The van der Waals surface area contributed by atoms with Gasteiger partial charge in [0.15, 0.2) is 5.78 Å². The molecule has 0 aliphatic carbocycles. The van der Waals surface area contributed by atoms with Gasteiger partial charge in [0, 0.05) is 0 Å². The van der Waals surface area contributed by atoms with Crippen LogP contribution in [0.15, 0.2) is 11.1 Å². The zero-order valence-corrected chi connectivity index (χ0v) is 8.86. The highest BCUT2D eigenvalue weighted by molar-refractivity contribution is 8.02. The Hall–Kier alpha value is -0.480. The number of Topliss-reactive ketones (excluding diaryl/α,β-unsaturated/α-hetero) is 1. The number of carbonyl (C=O) groups is 1. The van der Waals surface area contributed by atoms with Crippen LogP contribution >= 0.6 is 11.8 Å². The van der Waals surface area contributed by atoms with E-state index in [-0.39, 0.29) is 17.7 Å². The maximum atomic E-state index is 11.7. The van der Waals surface area contributed by atoms with Gasteiger partial charge in [-0.25, -0.2) is 0 Å². The molecule has 0 saturated carbocycles. The van der Waals surface area contributed by atoms with Gasteiger partial charge in [0.1, 0.15) is 0 Å². The molecule has 0 bridgehead atoms. The van der Waals surface area contributed by atoms with E-state index in [0.717, 1.165) is 12.3 Å². The van der Waals surface area contributed by atoms with Crippen molar-refractivity contribution in [2.45, 2.75) is 26.3 Å². The molecule has 1 rings (SSSR count). The van der Waals surface area contributed by atoms with Crippen molar-refractivity contribution in [1.29, 1.82) is 0 Å². The summed E-state index contributed by atoms with van der Waals surface area (Å²) >= 11 is 1.60. The molecule has 3 N–H and O–H groups in total. The van der Waals surface area contributed by atoms with Gasteiger partial charge in [-0.2, -0.15) is 0 Å². The summed E-state index contributed by atoms with van der Waals surface area (Å²) in [6.45, 7) is 4.05. The molecule has 13 heavy (non-hydrogen) atoms. The molecular formula is C9H16N2OS. The van der Waals surface area contributed by atoms with E-state index in [9.17, 15) is 4.79 Å². The molecule has 74 valence electrons. The number of rotatable bonds is 4. The number of ketones is 1. The first-order valence-electron chi connectivity index (χ1n) is 4.52. The van der Waals surface area contributed by atoms with Gasteiger partial charge >= 0.3 is 0 Å². The average molecular weight is 200 g/mol. The molecule has 1 aliphatic heterocycles. The Morgan fingerprint density at radius 1 is 1.85 bits per heavy atom. The molecule has 0 amide bonds. The fraction of sp³-hybridized carbons (Fsp3) is 0.667. The van der Waals surface area contributed by atoms with Crippen LogP contribution in [0.4, 0.5) is 0 Å². The molecule has 0 aromatic carbocycles. The lowest BCUT2D eigenvalue weighted by molar-refractivity contribution is -0.118. The highest BCUT2D eigenvalue weighted by Gasteiger charge is 2.24. The van der Waals surface area contributed by atoms with Gasteiger partial charge < -0.3 is 11.1 Å². The van der Waals surface area contributed by atoms with Crippen LogP contribution in [0.3, 0.4) is 0 Å². The van der Waals surface area contributed by atoms with Gasteiger partial charge in [-0.3, -0.25) is 4.79 Å². The van der Waals surface area contributed by atoms with Gasteiger partial charge in [0.2, 0.25) is 0 Å². The number of thioether (sulfide) groups is 1. The average Bonchev–Trinajstić information content (AvgIpc) is 2.67. The second kappa shape index (κ2) is 4.67. The number of nitrogens with two attached hydrogens (primary N) is 1. The summed E-state index contributed by atoms with van der Waals surface area (Å²) in [5.41, 5.74) is 6.49. The van der Waals surface area contributed by atoms with Crippen molar-refractivity contribution in [3.05, 3.63) is 11.1 Å². The molecule has 0 unspecified atom stereocenters. The lowest BCUT2D eigenvalue weighted by Crippen LogP contribution is -2.39. The standard InChI is InChI=1S/C9H16N2OS/c1-3-6(2)8(10)9(12)7-4-13-5-11-7/h4,6,8,11H,3,5,10H2,1-2H3/t6-,8+/m1/s1. The van der Waals surface area contributed by atoms with Crippen LogP contribution in [0.25, 0.3) is 0 Å². The summed E-state index contributed by atoms with van der Waals surface area (Å²) < 4.78 is 0. The van der Waals surface area contributed by atoms with Crippen LogP contribution < -0.4 is 11.1 Å². The quantitative estimate of drug-likeness (QED) is 0.712. The van der Waals surface area contributed by atoms with Crippen LogP contribution in [0, 0.1) is 5.92 Å². The molecule has 0 spiro atoms. The molecule has 1 heterocycles. The lowest BCUT2D eigenvalue weighted by atomic mass is 9.95. The van der Waals surface area contributed by atoms with Crippen molar-refractivity contribution in [3.8, 4) is 0 Å². The molecule has 0 saturated heterocycles. The van der Waals surface area contributed by atoms with Crippen molar-refractivity contribution in [3.63, 3.8) is 0 Å². The topological polar surface area (TPSA) is 55.1 Å². The number of hydrogen-bond donors (Lipinski definition) is 2. The second-order valence-electron chi connectivity index (χ2n) is 3.29. The van der Waals surface area contributed by atoms with Crippen LogP contribution in [-0.4, -0.2) is 17.7 Å². The first-order valence-corrected chi connectivity index (χ1v) is 5.57. The SMILES string of the molecule is CC[C@@H](C)[C@H](N)C(=O)C1=CSCN1. The van der Waals surface area contributed by atoms with Crippen molar-refractivity contribution in [2.75, 3.05) is 5.88 Å². The molecule has 0 aromatic heterocycles. The zero-order valence-electron chi connectivity index (χ0n) is 8.04. The Kier molecular flexibility index (Phi) is 3.81.